The van der Waals surface area contributed by atoms with Crippen molar-refractivity contribution in [3.05, 3.63) is 34.3 Å². The van der Waals surface area contributed by atoms with Crippen LogP contribution >= 0.6 is 15.9 Å². The van der Waals surface area contributed by atoms with Crippen molar-refractivity contribution < 1.29 is 0 Å². The predicted molar refractivity (Wildman–Crippen MR) is 79.1 cm³/mol. The Morgan fingerprint density at radius 2 is 1.82 bits per heavy atom. The first kappa shape index (κ1) is 14.7. The molecule has 2 N–H and O–H groups in total. The van der Waals surface area contributed by atoms with Gasteiger partial charge in [0, 0.05) is 10.5 Å². The third-order valence-corrected chi connectivity index (χ3v) is 3.64. The van der Waals surface area contributed by atoms with E-state index in [-0.39, 0.29) is 6.04 Å². The van der Waals surface area contributed by atoms with E-state index in [1.165, 1.54) is 44.1 Å². The van der Waals surface area contributed by atoms with Gasteiger partial charge in [0.05, 0.1) is 0 Å². The van der Waals surface area contributed by atoms with Gasteiger partial charge in [-0.2, -0.15) is 0 Å². The minimum absolute atomic E-state index is 0.193. The maximum absolute atomic E-state index is 6.18. The lowest BCUT2D eigenvalue weighted by Gasteiger charge is -2.12. The highest BCUT2D eigenvalue weighted by Gasteiger charge is 2.05. The van der Waals surface area contributed by atoms with Crippen molar-refractivity contribution in [1.29, 1.82) is 0 Å². The molecular weight excluding hydrogens is 274 g/mol. The zero-order valence-corrected chi connectivity index (χ0v) is 12.4. The van der Waals surface area contributed by atoms with Crippen LogP contribution in [0.25, 0.3) is 0 Å². The summed E-state index contributed by atoms with van der Waals surface area (Å²) >= 11 is 3.49. The second-order valence-electron chi connectivity index (χ2n) is 4.72. The summed E-state index contributed by atoms with van der Waals surface area (Å²) in [6.45, 7) is 2.25. The number of hydrogen-bond donors (Lipinski definition) is 1. The third-order valence-electron chi connectivity index (χ3n) is 3.15. The van der Waals surface area contributed by atoms with Gasteiger partial charge in [-0.3, -0.25) is 0 Å². The van der Waals surface area contributed by atoms with Gasteiger partial charge < -0.3 is 5.73 Å². The highest BCUT2D eigenvalue weighted by atomic mass is 79.9. The molecule has 0 spiro atoms. The van der Waals surface area contributed by atoms with Crippen LogP contribution in [0.1, 0.15) is 63.5 Å². The van der Waals surface area contributed by atoms with Crippen LogP contribution in [0.3, 0.4) is 0 Å². The molecule has 0 aliphatic carbocycles. The standard InChI is InChI=1S/C15H24BrN/c1-2-3-4-5-6-7-11-15(17)13-9-8-10-14(16)12-13/h8-10,12,15H,2-7,11,17H2,1H3. The summed E-state index contributed by atoms with van der Waals surface area (Å²) in [6, 6.07) is 8.54. The van der Waals surface area contributed by atoms with Crippen LogP contribution < -0.4 is 5.73 Å². The number of unbranched alkanes of at least 4 members (excludes halogenated alkanes) is 5. The van der Waals surface area contributed by atoms with Crippen LogP contribution in [-0.2, 0) is 0 Å². The fourth-order valence-electron chi connectivity index (χ4n) is 2.05. The highest BCUT2D eigenvalue weighted by Crippen LogP contribution is 2.21. The topological polar surface area (TPSA) is 26.0 Å². The lowest BCUT2D eigenvalue weighted by atomic mass is 10.0. The molecule has 1 atom stereocenters. The Morgan fingerprint density at radius 3 is 2.53 bits per heavy atom. The molecular formula is C15H24BrN. The normalized spacial score (nSPS) is 12.6. The van der Waals surface area contributed by atoms with E-state index in [2.05, 4.69) is 41.1 Å². The Hall–Kier alpha value is -0.340. The zero-order valence-electron chi connectivity index (χ0n) is 10.8. The molecule has 1 aromatic rings. The molecule has 0 aliphatic heterocycles. The molecule has 1 nitrogen and oxygen atoms in total. The van der Waals surface area contributed by atoms with Gasteiger partial charge in [0.1, 0.15) is 0 Å². The van der Waals surface area contributed by atoms with Crippen LogP contribution in [0, 0.1) is 0 Å². The molecule has 0 heterocycles. The lowest BCUT2D eigenvalue weighted by molar-refractivity contribution is 0.547. The van der Waals surface area contributed by atoms with Gasteiger partial charge in [0.15, 0.2) is 0 Å². The maximum Gasteiger partial charge on any atom is 0.0295 e. The van der Waals surface area contributed by atoms with Crippen molar-refractivity contribution in [2.75, 3.05) is 0 Å². The summed E-state index contributed by atoms with van der Waals surface area (Å²) in [6.07, 6.45) is 9.10. The van der Waals surface area contributed by atoms with Gasteiger partial charge in [-0.25, -0.2) is 0 Å². The van der Waals surface area contributed by atoms with E-state index in [9.17, 15) is 0 Å². The molecule has 96 valence electrons. The van der Waals surface area contributed by atoms with Crippen LogP contribution in [-0.4, -0.2) is 0 Å². The maximum atomic E-state index is 6.18. The number of halogens is 1. The summed E-state index contributed by atoms with van der Waals surface area (Å²) in [4.78, 5) is 0. The third kappa shape index (κ3) is 6.23. The van der Waals surface area contributed by atoms with E-state index in [1.54, 1.807) is 0 Å². The van der Waals surface area contributed by atoms with Crippen LogP contribution in [0.4, 0.5) is 0 Å². The van der Waals surface area contributed by atoms with Gasteiger partial charge in [0.2, 0.25) is 0 Å². The van der Waals surface area contributed by atoms with E-state index in [0.717, 1.165) is 10.9 Å². The molecule has 2 heteroatoms. The number of nitrogens with two attached hydrogens (primary N) is 1. The Morgan fingerprint density at radius 1 is 1.12 bits per heavy atom. The van der Waals surface area contributed by atoms with E-state index in [1.807, 2.05) is 6.07 Å². The van der Waals surface area contributed by atoms with Crippen molar-refractivity contribution in [1.82, 2.24) is 0 Å². The number of hydrogen-bond acceptors (Lipinski definition) is 1. The Kier molecular flexibility index (Phi) is 7.54. The molecule has 1 unspecified atom stereocenters. The van der Waals surface area contributed by atoms with Gasteiger partial charge in [-0.15, -0.1) is 0 Å². The van der Waals surface area contributed by atoms with Gasteiger partial charge in [-0.05, 0) is 24.1 Å². The van der Waals surface area contributed by atoms with Gasteiger partial charge in [-0.1, -0.05) is 73.5 Å². The second kappa shape index (κ2) is 8.71. The largest absolute Gasteiger partial charge is 0.324 e. The van der Waals surface area contributed by atoms with Gasteiger partial charge >= 0.3 is 0 Å². The van der Waals surface area contributed by atoms with Crippen LogP contribution in [0.2, 0.25) is 0 Å². The lowest BCUT2D eigenvalue weighted by Crippen LogP contribution is -2.09. The fourth-order valence-corrected chi connectivity index (χ4v) is 2.47. The Balaban J connectivity index is 2.19. The second-order valence-corrected chi connectivity index (χ2v) is 5.63. The molecule has 0 saturated carbocycles. The Bertz CT molecular complexity index is 312. The van der Waals surface area contributed by atoms with Crippen molar-refractivity contribution in [3.63, 3.8) is 0 Å². The molecule has 0 fully saturated rings. The molecule has 0 aromatic heterocycles. The first-order chi connectivity index (χ1) is 8.24. The van der Waals surface area contributed by atoms with Crippen molar-refractivity contribution >= 4 is 15.9 Å². The fraction of sp³-hybridized carbons (Fsp3) is 0.600. The predicted octanol–water partition coefficient (Wildman–Crippen LogP) is 5.20. The Labute approximate surface area is 114 Å². The quantitative estimate of drug-likeness (QED) is 0.656. The summed E-state index contributed by atoms with van der Waals surface area (Å²) in [5.41, 5.74) is 7.43. The van der Waals surface area contributed by atoms with E-state index >= 15 is 0 Å². The van der Waals surface area contributed by atoms with E-state index in [4.69, 9.17) is 5.73 Å². The highest BCUT2D eigenvalue weighted by molar-refractivity contribution is 9.10. The summed E-state index contributed by atoms with van der Waals surface area (Å²) < 4.78 is 1.12. The molecule has 0 radical (unpaired) electrons. The zero-order chi connectivity index (χ0) is 12.5. The van der Waals surface area contributed by atoms with Crippen molar-refractivity contribution in [2.45, 2.75) is 57.9 Å². The monoisotopic (exact) mass is 297 g/mol. The smallest absolute Gasteiger partial charge is 0.0295 e. The molecule has 0 saturated heterocycles. The summed E-state index contributed by atoms with van der Waals surface area (Å²) in [7, 11) is 0. The van der Waals surface area contributed by atoms with Crippen molar-refractivity contribution in [3.8, 4) is 0 Å². The molecule has 17 heavy (non-hydrogen) atoms. The number of rotatable bonds is 8. The molecule has 0 bridgehead atoms. The molecule has 1 aromatic carbocycles. The summed E-state index contributed by atoms with van der Waals surface area (Å²) in [5.74, 6) is 0. The molecule has 0 amide bonds. The minimum atomic E-state index is 0.193. The first-order valence-corrected chi connectivity index (χ1v) is 7.54. The average Bonchev–Trinajstić information content (AvgIpc) is 2.33. The summed E-state index contributed by atoms with van der Waals surface area (Å²) in [5, 5.41) is 0. The minimum Gasteiger partial charge on any atom is -0.324 e. The molecule has 0 aliphatic rings. The number of benzene rings is 1. The first-order valence-electron chi connectivity index (χ1n) is 6.75. The molecule has 1 rings (SSSR count). The SMILES string of the molecule is CCCCCCCCC(N)c1cccc(Br)c1. The van der Waals surface area contributed by atoms with E-state index < -0.39 is 0 Å². The average molecular weight is 298 g/mol. The van der Waals surface area contributed by atoms with Crippen molar-refractivity contribution in [2.24, 2.45) is 5.73 Å². The van der Waals surface area contributed by atoms with Crippen LogP contribution in [0.15, 0.2) is 28.7 Å². The van der Waals surface area contributed by atoms with E-state index in [0.29, 0.717) is 0 Å². The van der Waals surface area contributed by atoms with Gasteiger partial charge in [0.25, 0.3) is 0 Å². The van der Waals surface area contributed by atoms with Crippen LogP contribution in [0.5, 0.6) is 0 Å².